The van der Waals surface area contributed by atoms with E-state index < -0.39 is 0 Å². The average molecular weight is 404 g/mol. The number of hydrogen-bond acceptors (Lipinski definition) is 4. The molecular formula is C22H18ClN5O. The zero-order chi connectivity index (χ0) is 20.2. The fourth-order valence-corrected chi connectivity index (χ4v) is 3.02. The zero-order valence-electron chi connectivity index (χ0n) is 15.4. The molecule has 2 heterocycles. The highest BCUT2D eigenvalue weighted by Gasteiger charge is 2.11. The highest BCUT2D eigenvalue weighted by Crippen LogP contribution is 2.24. The van der Waals surface area contributed by atoms with Crippen LogP contribution in [0.3, 0.4) is 0 Å². The smallest absolute Gasteiger partial charge is 0.251 e. The van der Waals surface area contributed by atoms with Gasteiger partial charge in [-0.05, 0) is 48.5 Å². The van der Waals surface area contributed by atoms with Crippen LogP contribution in [0, 0.1) is 0 Å². The zero-order valence-corrected chi connectivity index (χ0v) is 16.2. The van der Waals surface area contributed by atoms with Crippen molar-refractivity contribution in [2.24, 2.45) is 0 Å². The van der Waals surface area contributed by atoms with Gasteiger partial charge in [-0.3, -0.25) is 9.78 Å². The molecule has 2 aromatic heterocycles. The van der Waals surface area contributed by atoms with E-state index in [1.165, 1.54) is 0 Å². The van der Waals surface area contributed by atoms with Crippen LogP contribution in [0.4, 0.5) is 5.82 Å². The van der Waals surface area contributed by atoms with Crippen molar-refractivity contribution in [3.8, 4) is 16.9 Å². The first kappa shape index (κ1) is 18.7. The number of rotatable bonds is 5. The van der Waals surface area contributed by atoms with Gasteiger partial charge >= 0.3 is 0 Å². The number of aromatic nitrogens is 3. The number of benzene rings is 2. The van der Waals surface area contributed by atoms with E-state index in [0.717, 1.165) is 22.6 Å². The van der Waals surface area contributed by atoms with Crippen molar-refractivity contribution in [1.82, 2.24) is 20.1 Å². The van der Waals surface area contributed by atoms with Gasteiger partial charge in [0.1, 0.15) is 5.82 Å². The molecule has 4 aromatic rings. The van der Waals surface area contributed by atoms with E-state index in [4.69, 9.17) is 17.3 Å². The van der Waals surface area contributed by atoms with Crippen molar-refractivity contribution in [1.29, 1.82) is 0 Å². The van der Waals surface area contributed by atoms with Crippen LogP contribution in [0.25, 0.3) is 16.9 Å². The van der Waals surface area contributed by atoms with Crippen LogP contribution in [0.5, 0.6) is 0 Å². The molecular weight excluding hydrogens is 386 g/mol. The van der Waals surface area contributed by atoms with E-state index in [0.29, 0.717) is 22.9 Å². The Morgan fingerprint density at radius 2 is 1.79 bits per heavy atom. The second kappa shape index (κ2) is 8.16. The molecule has 4 rings (SSSR count). The Morgan fingerprint density at radius 3 is 2.48 bits per heavy atom. The number of halogens is 1. The number of nitrogens with zero attached hydrogens (tertiary/aromatic N) is 3. The highest BCUT2D eigenvalue weighted by atomic mass is 35.5. The second-order valence-corrected chi connectivity index (χ2v) is 6.86. The predicted octanol–water partition coefficient (Wildman–Crippen LogP) is 4.10. The van der Waals surface area contributed by atoms with Gasteiger partial charge in [0.15, 0.2) is 0 Å². The maximum Gasteiger partial charge on any atom is 0.251 e. The van der Waals surface area contributed by atoms with Crippen molar-refractivity contribution in [2.45, 2.75) is 6.54 Å². The molecule has 0 unspecified atom stereocenters. The van der Waals surface area contributed by atoms with Gasteiger partial charge in [-0.25, -0.2) is 4.68 Å². The molecule has 2 aromatic carbocycles. The lowest BCUT2D eigenvalue weighted by molar-refractivity contribution is 0.0950. The first-order chi connectivity index (χ1) is 14.1. The number of pyridine rings is 1. The van der Waals surface area contributed by atoms with E-state index >= 15 is 0 Å². The van der Waals surface area contributed by atoms with Gasteiger partial charge in [-0.2, -0.15) is 5.10 Å². The highest BCUT2D eigenvalue weighted by molar-refractivity contribution is 6.30. The molecule has 29 heavy (non-hydrogen) atoms. The molecule has 0 radical (unpaired) electrons. The molecule has 144 valence electrons. The quantitative estimate of drug-likeness (QED) is 0.525. The van der Waals surface area contributed by atoms with E-state index in [2.05, 4.69) is 15.4 Å². The van der Waals surface area contributed by atoms with Gasteiger partial charge in [0.25, 0.3) is 5.91 Å². The first-order valence-corrected chi connectivity index (χ1v) is 9.38. The summed E-state index contributed by atoms with van der Waals surface area (Å²) >= 11 is 5.94. The number of carbonyl (C=O) groups excluding carboxylic acids is 1. The molecule has 0 fully saturated rings. The molecule has 0 aliphatic rings. The summed E-state index contributed by atoms with van der Waals surface area (Å²) in [7, 11) is 0. The SMILES string of the molecule is Nc1cc(-c2ccc(Cl)cc2)nn1-c1ccc(C(=O)NCc2ccccn2)cc1. The third-order valence-electron chi connectivity index (χ3n) is 4.41. The molecule has 6 nitrogen and oxygen atoms in total. The first-order valence-electron chi connectivity index (χ1n) is 9.00. The van der Waals surface area contributed by atoms with Crippen LogP contribution in [0.2, 0.25) is 5.02 Å². The minimum atomic E-state index is -0.169. The lowest BCUT2D eigenvalue weighted by Gasteiger charge is -2.07. The minimum absolute atomic E-state index is 0.169. The molecule has 0 aliphatic heterocycles. The van der Waals surface area contributed by atoms with Crippen molar-refractivity contribution >= 4 is 23.3 Å². The average Bonchev–Trinajstić information content (AvgIpc) is 3.15. The van der Waals surface area contributed by atoms with Gasteiger partial charge in [0.2, 0.25) is 0 Å². The van der Waals surface area contributed by atoms with Crippen LogP contribution < -0.4 is 11.1 Å². The van der Waals surface area contributed by atoms with Crippen LogP contribution in [0.15, 0.2) is 79.0 Å². The number of nitrogens with two attached hydrogens (primary N) is 1. The molecule has 0 saturated heterocycles. The van der Waals surface area contributed by atoms with Crippen LogP contribution in [-0.4, -0.2) is 20.7 Å². The normalized spacial score (nSPS) is 10.7. The Hall–Kier alpha value is -3.64. The topological polar surface area (TPSA) is 85.8 Å². The van der Waals surface area contributed by atoms with Crippen LogP contribution in [0.1, 0.15) is 16.1 Å². The summed E-state index contributed by atoms with van der Waals surface area (Å²) in [5, 5.41) is 8.09. The Kier molecular flexibility index (Phi) is 5.27. The Morgan fingerprint density at radius 1 is 1.03 bits per heavy atom. The molecule has 0 spiro atoms. The van der Waals surface area contributed by atoms with Gasteiger partial charge in [0, 0.05) is 28.4 Å². The Balaban J connectivity index is 1.49. The number of hydrogen-bond donors (Lipinski definition) is 2. The summed E-state index contributed by atoms with van der Waals surface area (Å²) in [4.78, 5) is 16.5. The molecule has 7 heteroatoms. The molecule has 3 N–H and O–H groups in total. The third-order valence-corrected chi connectivity index (χ3v) is 4.66. The summed E-state index contributed by atoms with van der Waals surface area (Å²) in [5.41, 5.74) is 9.93. The molecule has 0 aliphatic carbocycles. The Bertz CT molecular complexity index is 1120. The molecule has 0 atom stereocenters. The largest absolute Gasteiger partial charge is 0.384 e. The van der Waals surface area contributed by atoms with Crippen molar-refractivity contribution < 1.29 is 4.79 Å². The lowest BCUT2D eigenvalue weighted by Crippen LogP contribution is -2.23. The summed E-state index contributed by atoms with van der Waals surface area (Å²) < 4.78 is 1.64. The van der Waals surface area contributed by atoms with Crippen molar-refractivity contribution in [3.05, 3.63) is 95.3 Å². The minimum Gasteiger partial charge on any atom is -0.384 e. The fourth-order valence-electron chi connectivity index (χ4n) is 2.89. The van der Waals surface area contributed by atoms with E-state index in [9.17, 15) is 4.79 Å². The lowest BCUT2D eigenvalue weighted by atomic mass is 10.1. The van der Waals surface area contributed by atoms with E-state index in [1.807, 2.05) is 54.6 Å². The van der Waals surface area contributed by atoms with Crippen LogP contribution >= 0.6 is 11.6 Å². The van der Waals surface area contributed by atoms with Gasteiger partial charge in [-0.1, -0.05) is 29.8 Å². The third kappa shape index (κ3) is 4.28. The number of nitrogen functional groups attached to an aromatic ring is 1. The predicted molar refractivity (Wildman–Crippen MR) is 114 cm³/mol. The number of amides is 1. The maximum absolute atomic E-state index is 12.4. The molecule has 1 amide bonds. The summed E-state index contributed by atoms with van der Waals surface area (Å²) in [6.45, 7) is 0.373. The van der Waals surface area contributed by atoms with Gasteiger partial charge < -0.3 is 11.1 Å². The fraction of sp³-hybridized carbons (Fsp3) is 0.0455. The maximum atomic E-state index is 12.4. The van der Waals surface area contributed by atoms with Crippen molar-refractivity contribution in [2.75, 3.05) is 5.73 Å². The molecule has 0 saturated carbocycles. The van der Waals surface area contributed by atoms with E-state index in [-0.39, 0.29) is 5.91 Å². The van der Waals surface area contributed by atoms with Gasteiger partial charge in [0.05, 0.1) is 23.6 Å². The monoisotopic (exact) mass is 403 g/mol. The summed E-state index contributed by atoms with van der Waals surface area (Å²) in [6, 6.07) is 21.9. The van der Waals surface area contributed by atoms with Crippen LogP contribution in [-0.2, 0) is 6.54 Å². The van der Waals surface area contributed by atoms with Crippen molar-refractivity contribution in [3.63, 3.8) is 0 Å². The van der Waals surface area contributed by atoms with E-state index in [1.54, 1.807) is 29.1 Å². The summed E-state index contributed by atoms with van der Waals surface area (Å²) in [6.07, 6.45) is 1.70. The summed E-state index contributed by atoms with van der Waals surface area (Å²) in [5.74, 6) is 0.333. The number of nitrogens with one attached hydrogen (secondary N) is 1. The standard InChI is InChI=1S/C22H18ClN5O/c23-17-8-4-15(5-9-17)20-13-21(24)28(27-20)19-10-6-16(7-11-19)22(29)26-14-18-3-1-2-12-25-18/h1-13H,14,24H2,(H,26,29). The Labute approximate surface area is 173 Å². The van der Waals surface area contributed by atoms with Gasteiger partial charge in [-0.15, -0.1) is 0 Å². The second-order valence-electron chi connectivity index (χ2n) is 6.42. The number of anilines is 1. The molecule has 0 bridgehead atoms. The number of carbonyl (C=O) groups is 1.